The summed E-state index contributed by atoms with van der Waals surface area (Å²) >= 11 is 11.7. The van der Waals surface area contributed by atoms with Crippen LogP contribution in [0.15, 0.2) is 23.3 Å². The molecule has 0 atom stereocenters. The molecule has 2 aromatic rings. The largest absolute Gasteiger partial charge is 0.514 e. The topological polar surface area (TPSA) is 137 Å². The number of hydrazone groups is 1. The number of halogens is 2. The van der Waals surface area contributed by atoms with Gasteiger partial charge in [-0.3, -0.25) is 4.79 Å². The van der Waals surface area contributed by atoms with Gasteiger partial charge >= 0.3 is 5.95 Å². The molecule has 13 heteroatoms. The van der Waals surface area contributed by atoms with Crippen LogP contribution in [-0.2, 0) is 11.3 Å². The average Bonchev–Trinajstić information content (AvgIpc) is 3.01. The zero-order valence-corrected chi connectivity index (χ0v) is 14.2. The Bertz CT molecular complexity index is 824. The monoisotopic (exact) mass is 387 g/mol. The fourth-order valence-electron chi connectivity index (χ4n) is 1.54. The number of amides is 1. The van der Waals surface area contributed by atoms with Crippen LogP contribution in [-0.4, -0.2) is 43.4 Å². The number of benzene rings is 1. The van der Waals surface area contributed by atoms with Crippen LogP contribution < -0.4 is 10.2 Å². The van der Waals surface area contributed by atoms with Crippen molar-refractivity contribution in [1.82, 2.24) is 25.6 Å². The third-order valence-electron chi connectivity index (χ3n) is 2.60. The summed E-state index contributed by atoms with van der Waals surface area (Å²) in [5.74, 6) is -0.839. The molecule has 1 aromatic heterocycles. The molecular weight excluding hydrogens is 377 g/mol. The molecule has 11 nitrogen and oxygen atoms in total. The van der Waals surface area contributed by atoms with E-state index in [-0.39, 0.29) is 18.2 Å². The number of carbonyl (C=O) groups excluding carboxylic acids is 1. The zero-order chi connectivity index (χ0) is 18.4. The molecule has 2 rings (SSSR count). The van der Waals surface area contributed by atoms with Gasteiger partial charge in [0.05, 0.1) is 20.9 Å². The molecule has 1 amide bonds. The molecule has 0 fully saturated rings. The second kappa shape index (κ2) is 8.35. The lowest BCUT2D eigenvalue weighted by Gasteiger charge is -2.07. The standard InChI is InChI=1S/C12H11Cl2N7O4/c1-7(5-20-18-12(17-19-20)21(23)24)15-16-11(22)6-25-10-3-2-8(13)4-9(10)14/h2-4H,5-6H2,1H3,(H,16,22). The third kappa shape index (κ3) is 5.65. The van der Waals surface area contributed by atoms with Crippen molar-refractivity contribution in [3.8, 4) is 5.75 Å². The van der Waals surface area contributed by atoms with Crippen LogP contribution >= 0.6 is 23.2 Å². The highest BCUT2D eigenvalue weighted by atomic mass is 35.5. The van der Waals surface area contributed by atoms with Gasteiger partial charge in [0.1, 0.15) is 12.3 Å². The maximum absolute atomic E-state index is 11.7. The highest BCUT2D eigenvalue weighted by Crippen LogP contribution is 2.27. The van der Waals surface area contributed by atoms with E-state index >= 15 is 0 Å². The lowest BCUT2D eigenvalue weighted by Crippen LogP contribution is -2.26. The van der Waals surface area contributed by atoms with Gasteiger partial charge in [0.15, 0.2) is 6.61 Å². The average molecular weight is 388 g/mol. The number of nitrogens with zero attached hydrogens (tertiary/aromatic N) is 6. The third-order valence-corrected chi connectivity index (χ3v) is 3.13. The molecule has 1 aromatic carbocycles. The summed E-state index contributed by atoms with van der Waals surface area (Å²) in [6.45, 7) is 1.28. The molecule has 132 valence electrons. The first kappa shape index (κ1) is 18.5. The number of carbonyl (C=O) groups is 1. The van der Waals surface area contributed by atoms with E-state index in [0.29, 0.717) is 16.5 Å². The molecule has 0 aliphatic carbocycles. The van der Waals surface area contributed by atoms with Crippen LogP contribution in [0.3, 0.4) is 0 Å². The molecule has 0 radical (unpaired) electrons. The smallest absolute Gasteiger partial charge is 0.482 e. The Labute approximate surface area is 150 Å². The van der Waals surface area contributed by atoms with Crippen LogP contribution in [0.2, 0.25) is 10.0 Å². The van der Waals surface area contributed by atoms with Gasteiger partial charge in [-0.05, 0) is 30.0 Å². The highest BCUT2D eigenvalue weighted by molar-refractivity contribution is 6.35. The molecule has 0 bridgehead atoms. The summed E-state index contributed by atoms with van der Waals surface area (Å²) in [5, 5.41) is 25.2. The maximum atomic E-state index is 11.7. The van der Waals surface area contributed by atoms with Crippen molar-refractivity contribution in [3.63, 3.8) is 0 Å². The van der Waals surface area contributed by atoms with Crippen molar-refractivity contribution in [2.45, 2.75) is 13.5 Å². The lowest BCUT2D eigenvalue weighted by atomic mass is 10.3. The van der Waals surface area contributed by atoms with Crippen LogP contribution in [0.1, 0.15) is 6.92 Å². The Morgan fingerprint density at radius 2 is 2.24 bits per heavy atom. The van der Waals surface area contributed by atoms with Crippen molar-refractivity contribution in [1.29, 1.82) is 0 Å². The minimum absolute atomic E-state index is 0.0188. The maximum Gasteiger partial charge on any atom is 0.514 e. The molecule has 0 aliphatic heterocycles. The van der Waals surface area contributed by atoms with Gasteiger partial charge in [-0.15, -0.1) is 0 Å². The molecule has 0 unspecified atom stereocenters. The van der Waals surface area contributed by atoms with Gasteiger partial charge in [0, 0.05) is 10.2 Å². The van der Waals surface area contributed by atoms with E-state index < -0.39 is 16.8 Å². The summed E-state index contributed by atoms with van der Waals surface area (Å²) in [4.78, 5) is 22.4. The SMILES string of the molecule is CC(Cn1nnc([N+](=O)[O-])n1)=NNC(=O)COc1ccc(Cl)cc1Cl. The quantitative estimate of drug-likeness (QED) is 0.431. The van der Waals surface area contributed by atoms with E-state index in [1.165, 1.54) is 12.1 Å². The molecule has 0 saturated heterocycles. The number of nitrogens with one attached hydrogen (secondary N) is 1. The number of hydrogen-bond donors (Lipinski definition) is 1. The van der Waals surface area contributed by atoms with Crippen molar-refractivity contribution >= 4 is 40.8 Å². The van der Waals surface area contributed by atoms with Crippen LogP contribution in [0.25, 0.3) is 0 Å². The lowest BCUT2D eigenvalue weighted by molar-refractivity contribution is -0.394. The fourth-order valence-corrected chi connectivity index (χ4v) is 2.00. The number of rotatable bonds is 7. The number of hydrogen-bond acceptors (Lipinski definition) is 8. The zero-order valence-electron chi connectivity index (χ0n) is 12.7. The number of aromatic nitrogens is 4. The number of tetrazole rings is 1. The first-order chi connectivity index (χ1) is 11.8. The number of ether oxygens (including phenoxy) is 1. The second-order valence-corrected chi connectivity index (χ2v) is 5.47. The Kier molecular flexibility index (Phi) is 6.19. The fraction of sp³-hybridized carbons (Fsp3) is 0.250. The predicted octanol–water partition coefficient (Wildman–Crippen LogP) is 1.46. The molecule has 0 spiro atoms. The minimum Gasteiger partial charge on any atom is -0.482 e. The highest BCUT2D eigenvalue weighted by Gasteiger charge is 2.15. The summed E-state index contributed by atoms with van der Waals surface area (Å²) < 4.78 is 5.25. The molecular formula is C12H11Cl2N7O4. The summed E-state index contributed by atoms with van der Waals surface area (Å²) in [6, 6.07) is 4.60. The first-order valence-electron chi connectivity index (χ1n) is 6.67. The van der Waals surface area contributed by atoms with Gasteiger partial charge in [-0.1, -0.05) is 28.0 Å². The van der Waals surface area contributed by atoms with Crippen molar-refractivity contribution in [2.24, 2.45) is 5.10 Å². The summed E-state index contributed by atoms with van der Waals surface area (Å²) in [6.07, 6.45) is 0. The Morgan fingerprint density at radius 1 is 1.48 bits per heavy atom. The van der Waals surface area contributed by atoms with Crippen LogP contribution in [0, 0.1) is 10.1 Å². The number of nitro groups is 1. The van der Waals surface area contributed by atoms with Gasteiger partial charge < -0.3 is 14.9 Å². The molecule has 0 aliphatic rings. The predicted molar refractivity (Wildman–Crippen MR) is 87.7 cm³/mol. The van der Waals surface area contributed by atoms with Gasteiger partial charge in [0.25, 0.3) is 5.91 Å². The van der Waals surface area contributed by atoms with E-state index in [9.17, 15) is 14.9 Å². The summed E-state index contributed by atoms with van der Waals surface area (Å²) in [7, 11) is 0. The van der Waals surface area contributed by atoms with E-state index in [0.717, 1.165) is 4.80 Å². The van der Waals surface area contributed by atoms with Gasteiger partial charge in [-0.2, -0.15) is 5.10 Å². The van der Waals surface area contributed by atoms with Crippen LogP contribution in [0.5, 0.6) is 5.75 Å². The normalized spacial score (nSPS) is 11.2. The van der Waals surface area contributed by atoms with E-state index in [2.05, 4.69) is 25.9 Å². The minimum atomic E-state index is -0.767. The Morgan fingerprint density at radius 3 is 2.88 bits per heavy atom. The van der Waals surface area contributed by atoms with E-state index in [1.807, 2.05) is 0 Å². The Balaban J connectivity index is 1.83. The van der Waals surface area contributed by atoms with Gasteiger partial charge in [0.2, 0.25) is 0 Å². The van der Waals surface area contributed by atoms with E-state index in [4.69, 9.17) is 27.9 Å². The summed E-state index contributed by atoms with van der Waals surface area (Å²) in [5.41, 5.74) is 2.66. The van der Waals surface area contributed by atoms with Crippen molar-refractivity contribution in [3.05, 3.63) is 38.4 Å². The van der Waals surface area contributed by atoms with Crippen molar-refractivity contribution in [2.75, 3.05) is 6.61 Å². The molecule has 1 heterocycles. The molecule has 1 N–H and O–H groups in total. The Hall–Kier alpha value is -2.79. The molecule has 25 heavy (non-hydrogen) atoms. The van der Waals surface area contributed by atoms with Gasteiger partial charge in [-0.25, -0.2) is 5.43 Å². The first-order valence-corrected chi connectivity index (χ1v) is 7.43. The van der Waals surface area contributed by atoms with Crippen molar-refractivity contribution < 1.29 is 14.5 Å². The second-order valence-electron chi connectivity index (χ2n) is 4.62. The van der Waals surface area contributed by atoms with Crippen LogP contribution in [0.4, 0.5) is 5.95 Å². The van der Waals surface area contributed by atoms with E-state index in [1.54, 1.807) is 13.0 Å². The molecule has 0 saturated carbocycles.